The average molecular weight is 476 g/mol. The van der Waals surface area contributed by atoms with Gasteiger partial charge in [0.15, 0.2) is 0 Å². The van der Waals surface area contributed by atoms with Gasteiger partial charge >= 0.3 is 6.09 Å². The lowest BCUT2D eigenvalue weighted by Crippen LogP contribution is -2.48. The summed E-state index contributed by atoms with van der Waals surface area (Å²) in [5, 5.41) is 8.57. The zero-order valence-corrected chi connectivity index (χ0v) is 21.5. The number of carbonyl (C=O) groups is 3. The maximum Gasteiger partial charge on any atom is 0.407 e. The number of hydrogen-bond acceptors (Lipinski definition) is 4. The molecule has 0 saturated carbocycles. The minimum absolute atomic E-state index is 0.0970. The van der Waals surface area contributed by atoms with Crippen LogP contribution in [0.15, 0.2) is 30.3 Å². The fourth-order valence-electron chi connectivity index (χ4n) is 3.76. The molecule has 0 radical (unpaired) electrons. The maximum absolute atomic E-state index is 12.7. The third-order valence-corrected chi connectivity index (χ3v) is 5.61. The summed E-state index contributed by atoms with van der Waals surface area (Å²) in [6, 6.07) is 8.50. The second kappa shape index (κ2) is 17.8. The van der Waals surface area contributed by atoms with Crippen molar-refractivity contribution in [2.24, 2.45) is 5.92 Å². The number of hydrogen-bond donors (Lipinski definition) is 3. The van der Waals surface area contributed by atoms with Crippen LogP contribution in [0.1, 0.15) is 91.0 Å². The predicted octanol–water partition coefficient (Wildman–Crippen LogP) is 5.09. The summed E-state index contributed by atoms with van der Waals surface area (Å²) in [6.45, 7) is 8.93. The van der Waals surface area contributed by atoms with Crippen LogP contribution >= 0.6 is 0 Å². The SMILES string of the molecule is CCCCCCCCNC(=O)C(CC)NC(=O)CC(CC(C)C)NC(=O)OCc1ccccc1. The van der Waals surface area contributed by atoms with Crippen molar-refractivity contribution >= 4 is 17.9 Å². The molecular formula is C27H45N3O4. The molecule has 0 aromatic heterocycles. The van der Waals surface area contributed by atoms with Crippen LogP contribution in [0.25, 0.3) is 0 Å². The third kappa shape index (κ3) is 13.9. The van der Waals surface area contributed by atoms with Gasteiger partial charge in [-0.15, -0.1) is 0 Å². The maximum atomic E-state index is 12.7. The van der Waals surface area contributed by atoms with Gasteiger partial charge in [0.25, 0.3) is 0 Å². The van der Waals surface area contributed by atoms with Crippen LogP contribution in [0.5, 0.6) is 0 Å². The number of ether oxygens (including phenoxy) is 1. The molecule has 1 aromatic rings. The molecule has 3 amide bonds. The van der Waals surface area contributed by atoms with E-state index in [4.69, 9.17) is 4.74 Å². The van der Waals surface area contributed by atoms with Crippen LogP contribution in [0.4, 0.5) is 4.79 Å². The van der Waals surface area contributed by atoms with Crippen LogP contribution in [-0.2, 0) is 20.9 Å². The van der Waals surface area contributed by atoms with Gasteiger partial charge in [0.2, 0.25) is 11.8 Å². The molecule has 2 atom stereocenters. The highest BCUT2D eigenvalue weighted by atomic mass is 16.5. The molecule has 0 bridgehead atoms. The highest BCUT2D eigenvalue weighted by Crippen LogP contribution is 2.10. The van der Waals surface area contributed by atoms with Crippen LogP contribution < -0.4 is 16.0 Å². The molecule has 1 rings (SSSR count). The highest BCUT2D eigenvalue weighted by molar-refractivity contribution is 5.87. The van der Waals surface area contributed by atoms with Gasteiger partial charge in [0.1, 0.15) is 12.6 Å². The smallest absolute Gasteiger partial charge is 0.407 e. The van der Waals surface area contributed by atoms with Crippen molar-refractivity contribution in [3.05, 3.63) is 35.9 Å². The summed E-state index contributed by atoms with van der Waals surface area (Å²) in [7, 11) is 0. The molecule has 0 spiro atoms. The van der Waals surface area contributed by atoms with Crippen molar-refractivity contribution in [2.45, 2.75) is 104 Å². The Kier molecular flexibility index (Phi) is 15.5. The van der Waals surface area contributed by atoms with Gasteiger partial charge in [0.05, 0.1) is 0 Å². The predicted molar refractivity (Wildman–Crippen MR) is 136 cm³/mol. The summed E-state index contributed by atoms with van der Waals surface area (Å²) >= 11 is 0. The topological polar surface area (TPSA) is 96.5 Å². The molecule has 0 aliphatic rings. The van der Waals surface area contributed by atoms with Crippen LogP contribution in [-0.4, -0.2) is 36.5 Å². The average Bonchev–Trinajstić information content (AvgIpc) is 2.80. The van der Waals surface area contributed by atoms with Gasteiger partial charge in [-0.2, -0.15) is 0 Å². The molecule has 34 heavy (non-hydrogen) atoms. The Morgan fingerprint density at radius 2 is 1.59 bits per heavy atom. The van der Waals surface area contributed by atoms with E-state index in [2.05, 4.69) is 22.9 Å². The quantitative estimate of drug-likeness (QED) is 0.273. The molecule has 0 aliphatic carbocycles. The van der Waals surface area contributed by atoms with Crippen molar-refractivity contribution < 1.29 is 19.1 Å². The Labute approximate surface area is 205 Å². The van der Waals surface area contributed by atoms with Crippen molar-refractivity contribution in [3.8, 4) is 0 Å². The second-order valence-corrected chi connectivity index (χ2v) is 9.32. The summed E-state index contributed by atoms with van der Waals surface area (Å²) in [5.41, 5.74) is 0.897. The number of rotatable bonds is 17. The van der Waals surface area contributed by atoms with Crippen molar-refractivity contribution in [3.63, 3.8) is 0 Å². The minimum Gasteiger partial charge on any atom is -0.445 e. The zero-order valence-electron chi connectivity index (χ0n) is 21.5. The van der Waals surface area contributed by atoms with E-state index in [0.29, 0.717) is 19.4 Å². The first-order chi connectivity index (χ1) is 16.3. The van der Waals surface area contributed by atoms with E-state index < -0.39 is 12.1 Å². The first-order valence-electron chi connectivity index (χ1n) is 12.9. The number of amides is 3. The molecular weight excluding hydrogens is 430 g/mol. The first kappa shape index (κ1) is 29.5. The Morgan fingerprint density at radius 3 is 2.24 bits per heavy atom. The second-order valence-electron chi connectivity index (χ2n) is 9.32. The lowest BCUT2D eigenvalue weighted by atomic mass is 10.0. The van der Waals surface area contributed by atoms with E-state index in [1.165, 1.54) is 25.7 Å². The van der Waals surface area contributed by atoms with Crippen molar-refractivity contribution in [1.29, 1.82) is 0 Å². The van der Waals surface area contributed by atoms with Gasteiger partial charge < -0.3 is 20.7 Å². The monoisotopic (exact) mass is 475 g/mol. The van der Waals surface area contributed by atoms with Gasteiger partial charge in [-0.3, -0.25) is 9.59 Å². The van der Waals surface area contributed by atoms with Crippen LogP contribution in [0.2, 0.25) is 0 Å². The van der Waals surface area contributed by atoms with Gasteiger partial charge in [-0.05, 0) is 30.7 Å². The molecule has 3 N–H and O–H groups in total. The number of benzene rings is 1. The Bertz CT molecular complexity index is 709. The van der Waals surface area contributed by atoms with E-state index in [0.717, 1.165) is 18.4 Å². The number of alkyl carbamates (subject to hydrolysis) is 1. The molecule has 7 nitrogen and oxygen atoms in total. The fourth-order valence-corrected chi connectivity index (χ4v) is 3.76. The number of nitrogens with one attached hydrogen (secondary N) is 3. The largest absolute Gasteiger partial charge is 0.445 e. The highest BCUT2D eigenvalue weighted by Gasteiger charge is 2.23. The van der Waals surface area contributed by atoms with Gasteiger partial charge in [0, 0.05) is 19.0 Å². The van der Waals surface area contributed by atoms with Crippen LogP contribution in [0, 0.1) is 5.92 Å². The molecule has 2 unspecified atom stereocenters. The molecule has 7 heteroatoms. The van der Waals surface area contributed by atoms with E-state index >= 15 is 0 Å². The Balaban J connectivity index is 2.45. The summed E-state index contributed by atoms with van der Waals surface area (Å²) < 4.78 is 5.30. The van der Waals surface area contributed by atoms with Crippen molar-refractivity contribution in [1.82, 2.24) is 16.0 Å². The van der Waals surface area contributed by atoms with Gasteiger partial charge in [-0.25, -0.2) is 4.79 Å². The summed E-state index contributed by atoms with van der Waals surface area (Å²) in [4.78, 5) is 37.4. The third-order valence-electron chi connectivity index (χ3n) is 5.61. The van der Waals surface area contributed by atoms with E-state index in [1.54, 1.807) is 0 Å². The van der Waals surface area contributed by atoms with E-state index in [1.807, 2.05) is 51.1 Å². The van der Waals surface area contributed by atoms with E-state index in [-0.39, 0.29) is 36.8 Å². The number of carbonyl (C=O) groups excluding carboxylic acids is 3. The standard InChI is InChI=1S/C27H45N3O4/c1-5-7-8-9-10-14-17-28-26(32)24(6-2)30-25(31)19-23(18-21(3)4)29-27(33)34-20-22-15-12-11-13-16-22/h11-13,15-16,21,23-24H,5-10,14,17-20H2,1-4H3,(H,28,32)(H,29,33)(H,30,31). The normalized spacial score (nSPS) is 12.6. The van der Waals surface area contributed by atoms with Gasteiger partial charge in [-0.1, -0.05) is 90.1 Å². The summed E-state index contributed by atoms with van der Waals surface area (Å²) in [5.74, 6) is -0.120. The minimum atomic E-state index is -0.572. The lowest BCUT2D eigenvalue weighted by Gasteiger charge is -2.22. The first-order valence-corrected chi connectivity index (χ1v) is 12.9. The molecule has 192 valence electrons. The Hall–Kier alpha value is -2.57. The van der Waals surface area contributed by atoms with E-state index in [9.17, 15) is 14.4 Å². The van der Waals surface area contributed by atoms with Crippen LogP contribution in [0.3, 0.4) is 0 Å². The zero-order chi connectivity index (χ0) is 25.2. The molecule has 1 aromatic carbocycles. The molecule has 0 aliphatic heterocycles. The molecule has 0 heterocycles. The van der Waals surface area contributed by atoms with Crippen molar-refractivity contribution in [2.75, 3.05) is 6.54 Å². The molecule has 0 fully saturated rings. The Morgan fingerprint density at radius 1 is 0.912 bits per heavy atom. The summed E-state index contributed by atoms with van der Waals surface area (Å²) in [6.07, 6.45) is 7.65. The fraction of sp³-hybridized carbons (Fsp3) is 0.667. The lowest BCUT2D eigenvalue weighted by molar-refractivity contribution is -0.129. The number of unbranched alkanes of at least 4 members (excludes halogenated alkanes) is 5. The molecule has 0 saturated heterocycles.